The van der Waals surface area contributed by atoms with Crippen molar-refractivity contribution in [3.63, 3.8) is 0 Å². The van der Waals surface area contributed by atoms with E-state index in [1.807, 2.05) is 6.07 Å². The number of imide groups is 1. The summed E-state index contributed by atoms with van der Waals surface area (Å²) in [6.45, 7) is 0.529. The highest BCUT2D eigenvalue weighted by Crippen LogP contribution is 2.59. The molecule has 9 rings (SSSR count). The first-order valence-electron chi connectivity index (χ1n) is 27.4. The zero-order chi connectivity index (χ0) is 59.2. The van der Waals surface area contributed by atoms with Crippen molar-refractivity contribution in [2.24, 2.45) is 5.73 Å². The number of nitrogens with one attached hydrogen (secondary N) is 5. The maximum atomic E-state index is 14.6. The Morgan fingerprint density at radius 2 is 1.53 bits per heavy atom. The molecule has 1 fully saturated rings. The van der Waals surface area contributed by atoms with Gasteiger partial charge in [-0.2, -0.15) is 8.78 Å². The molecule has 4 heterocycles. The van der Waals surface area contributed by atoms with E-state index in [1.54, 1.807) is 60.7 Å². The van der Waals surface area contributed by atoms with E-state index in [0.717, 1.165) is 54.5 Å². The van der Waals surface area contributed by atoms with Crippen molar-refractivity contribution in [2.45, 2.75) is 126 Å². The van der Waals surface area contributed by atoms with Crippen molar-refractivity contribution in [1.29, 1.82) is 0 Å². The van der Waals surface area contributed by atoms with E-state index in [4.69, 9.17) is 5.73 Å². The van der Waals surface area contributed by atoms with Gasteiger partial charge in [-0.3, -0.25) is 57.9 Å². The standard InChI is InChI=1S/C60H61F2N8O12P/c61-60(62,83(80,81)82)42-24-22-38-31-41(21-20-39(38)32-42)53(73)66-46-25-23-37-17-11-18-40-33-48(70(52(37)40)59(46)79)56(76)65-45(26-28-49(63)71)54(74)68-51(36-14-8-6-9-15-36)57(77)64-30-10-5-3-1-2-4-7-13-35-16-12-19-43-44(35)34-69(58(43)78)47-27-29-50(72)67-55(47)75/h6,8-9,11-12,14-22,24,31-32,45-48,51H,1-5,10,23,25-30,33-34H2,(H2,63,71)(H,64,77)(H,65,76)(H,66,73)(H,68,74)(H,67,72,75)(H2,80,81,82)/t45-,46-,47?,48-,51-/m0/s1. The van der Waals surface area contributed by atoms with Gasteiger partial charge in [0.25, 0.3) is 11.8 Å². The molecule has 5 aromatic carbocycles. The van der Waals surface area contributed by atoms with Crippen molar-refractivity contribution in [1.82, 2.24) is 31.5 Å². The summed E-state index contributed by atoms with van der Waals surface area (Å²) in [4.78, 5) is 142. The molecule has 0 saturated carbocycles. The summed E-state index contributed by atoms with van der Waals surface area (Å²) in [5.41, 5.74) is 4.54. The number of fused-ring (bicyclic) bond motifs is 2. The van der Waals surface area contributed by atoms with Crippen LogP contribution in [0.5, 0.6) is 0 Å². The summed E-state index contributed by atoms with van der Waals surface area (Å²) in [6.07, 6.45) is 4.93. The first-order chi connectivity index (χ1) is 39.7. The lowest BCUT2D eigenvalue weighted by atomic mass is 10.0. The van der Waals surface area contributed by atoms with Crippen LogP contribution >= 0.6 is 7.60 Å². The van der Waals surface area contributed by atoms with Gasteiger partial charge in [-0.15, -0.1) is 0 Å². The van der Waals surface area contributed by atoms with Gasteiger partial charge in [0.2, 0.25) is 41.4 Å². The number of alkyl halides is 2. The topological polar surface area (TPSA) is 304 Å². The number of rotatable bonds is 21. The van der Waals surface area contributed by atoms with Crippen LogP contribution < -0.4 is 37.2 Å². The van der Waals surface area contributed by atoms with Gasteiger partial charge in [0.15, 0.2) is 0 Å². The summed E-state index contributed by atoms with van der Waals surface area (Å²) in [6, 6.07) is 20.5. The SMILES string of the molecule is NC(=O)CC[C@H](NC(=O)[C@@H]1Cc2cccc3c2N1C(=O)[C@@H](NC(=O)c1ccc2cc(C(F)(F)P(=O)(O)O)ccc2c1)CC3)C(=O)N[C@H](C(=O)NCCCCCCCC#Cc1cccc2c1CN(C1CCC(=O)NC1=O)C2=O)c1ccccc1. The van der Waals surface area contributed by atoms with Crippen molar-refractivity contribution in [2.75, 3.05) is 11.4 Å². The van der Waals surface area contributed by atoms with Crippen molar-refractivity contribution < 1.29 is 66.3 Å². The Morgan fingerprint density at radius 3 is 2.29 bits per heavy atom. The second-order valence-electron chi connectivity index (χ2n) is 21.0. The van der Waals surface area contributed by atoms with Gasteiger partial charge < -0.3 is 41.7 Å². The lowest BCUT2D eigenvalue weighted by Gasteiger charge is -2.29. The van der Waals surface area contributed by atoms with Gasteiger partial charge in [0, 0.05) is 61.0 Å². The molecule has 0 radical (unpaired) electrons. The van der Waals surface area contributed by atoms with Crippen molar-refractivity contribution in [3.05, 3.63) is 148 Å². The molecule has 5 aromatic rings. The molecule has 83 heavy (non-hydrogen) atoms. The number of hydrogen-bond donors (Lipinski definition) is 8. The molecule has 20 nitrogen and oxygen atoms in total. The Hall–Kier alpha value is -8.64. The minimum Gasteiger partial charge on any atom is -0.370 e. The molecule has 9 amide bonds. The van der Waals surface area contributed by atoms with Crippen LogP contribution in [0.15, 0.2) is 103 Å². The van der Waals surface area contributed by atoms with E-state index in [-0.39, 0.29) is 67.8 Å². The van der Waals surface area contributed by atoms with E-state index < -0.39 is 90.4 Å². The molecule has 432 valence electrons. The summed E-state index contributed by atoms with van der Waals surface area (Å²) >= 11 is 0. The van der Waals surface area contributed by atoms with E-state index in [0.29, 0.717) is 53.6 Å². The van der Waals surface area contributed by atoms with Crippen molar-refractivity contribution in [3.8, 4) is 11.8 Å². The number of carbonyl (C=O) groups excluding carboxylic acids is 9. The maximum absolute atomic E-state index is 14.6. The first-order valence-corrected chi connectivity index (χ1v) is 29.0. The number of nitrogens with zero attached hydrogens (tertiary/aromatic N) is 2. The number of benzene rings is 5. The molecular weight excluding hydrogens is 1090 g/mol. The second kappa shape index (κ2) is 25.2. The quantitative estimate of drug-likeness (QED) is 0.0210. The molecule has 4 aliphatic rings. The average Bonchev–Trinajstić information content (AvgIpc) is 4.25. The van der Waals surface area contributed by atoms with Crippen LogP contribution in [0.1, 0.15) is 131 Å². The number of aryl methyl sites for hydroxylation is 1. The fourth-order valence-electron chi connectivity index (χ4n) is 11.0. The third kappa shape index (κ3) is 13.2. The van der Waals surface area contributed by atoms with Crippen molar-refractivity contribution >= 4 is 77.2 Å². The highest BCUT2D eigenvalue weighted by atomic mass is 31.2. The molecule has 0 aromatic heterocycles. The van der Waals surface area contributed by atoms with Gasteiger partial charge in [-0.25, -0.2) is 0 Å². The van der Waals surface area contributed by atoms with Gasteiger partial charge in [-0.05, 0) is 102 Å². The zero-order valence-electron chi connectivity index (χ0n) is 45.0. The first kappa shape index (κ1) is 59.0. The lowest BCUT2D eigenvalue weighted by Crippen LogP contribution is -2.57. The molecule has 9 N–H and O–H groups in total. The molecule has 0 aliphatic carbocycles. The number of halogens is 2. The van der Waals surface area contributed by atoms with Gasteiger partial charge in [0.1, 0.15) is 30.2 Å². The Kier molecular flexibility index (Phi) is 17.9. The van der Waals surface area contributed by atoms with Crippen LogP contribution in [0.3, 0.4) is 0 Å². The Labute approximate surface area is 475 Å². The summed E-state index contributed by atoms with van der Waals surface area (Å²) in [5, 5.41) is 13.9. The van der Waals surface area contributed by atoms with E-state index in [9.17, 15) is 66.3 Å². The molecule has 1 saturated heterocycles. The van der Waals surface area contributed by atoms with Crippen LogP contribution in [0.2, 0.25) is 0 Å². The summed E-state index contributed by atoms with van der Waals surface area (Å²) in [5.74, 6) is 1.18. The average molecular weight is 1160 g/mol. The molecule has 1 unspecified atom stereocenters. The number of anilines is 1. The second-order valence-corrected chi connectivity index (χ2v) is 22.7. The molecule has 0 spiro atoms. The number of hydrogen-bond acceptors (Lipinski definition) is 10. The van der Waals surface area contributed by atoms with E-state index in [1.165, 1.54) is 34.1 Å². The third-order valence-electron chi connectivity index (χ3n) is 15.4. The number of carbonyl (C=O) groups is 9. The fourth-order valence-corrected chi connectivity index (χ4v) is 11.5. The van der Waals surface area contributed by atoms with Gasteiger partial charge in [0.05, 0.1) is 5.69 Å². The third-order valence-corrected chi connectivity index (χ3v) is 16.4. The van der Waals surface area contributed by atoms with E-state index >= 15 is 0 Å². The minimum absolute atomic E-state index is 0.0400. The number of primary amides is 1. The van der Waals surface area contributed by atoms with Crippen LogP contribution in [-0.2, 0) is 63.2 Å². The van der Waals surface area contributed by atoms with Gasteiger partial charge >= 0.3 is 13.3 Å². The summed E-state index contributed by atoms with van der Waals surface area (Å²) in [7, 11) is -5.84. The number of unbranched alkanes of at least 4 members (excludes halogenated alkanes) is 5. The molecule has 0 bridgehead atoms. The highest BCUT2D eigenvalue weighted by Gasteiger charge is 2.51. The molecule has 4 aliphatic heterocycles. The number of piperidine rings is 1. The monoisotopic (exact) mass is 1150 g/mol. The Morgan fingerprint density at radius 1 is 0.807 bits per heavy atom. The van der Waals surface area contributed by atoms with E-state index in [2.05, 4.69) is 38.4 Å². The van der Waals surface area contributed by atoms with Gasteiger partial charge in [-0.1, -0.05) is 104 Å². The zero-order valence-corrected chi connectivity index (χ0v) is 45.9. The van der Waals surface area contributed by atoms with Crippen LogP contribution in [0.4, 0.5) is 14.5 Å². The van der Waals surface area contributed by atoms with Crippen LogP contribution in [0.25, 0.3) is 10.8 Å². The predicted molar refractivity (Wildman–Crippen MR) is 299 cm³/mol. The smallest absolute Gasteiger partial charge is 0.370 e. The molecular formula is C60H61F2N8O12P. The highest BCUT2D eigenvalue weighted by molar-refractivity contribution is 7.52. The normalized spacial score (nSPS) is 18.2. The Bertz CT molecular complexity index is 3550. The maximum Gasteiger partial charge on any atom is 0.399 e. The molecule has 5 atom stereocenters. The van der Waals surface area contributed by atoms with Crippen LogP contribution in [-0.4, -0.2) is 98.6 Å². The predicted octanol–water partition coefficient (Wildman–Crippen LogP) is 4.95. The molecule has 23 heteroatoms. The Balaban J connectivity index is 0.792. The minimum atomic E-state index is -5.84. The fraction of sp³-hybridized carbons (Fsp3) is 0.350. The lowest BCUT2D eigenvalue weighted by molar-refractivity contribution is -0.137. The number of nitrogens with two attached hydrogens (primary N) is 1. The van der Waals surface area contributed by atoms with Crippen LogP contribution in [0, 0.1) is 11.8 Å². The largest absolute Gasteiger partial charge is 0.399 e. The number of amides is 9. The number of para-hydroxylation sites is 1. The summed E-state index contributed by atoms with van der Waals surface area (Å²) < 4.78 is 40.5.